The van der Waals surface area contributed by atoms with Gasteiger partial charge in [-0.2, -0.15) is 13.2 Å². The Bertz CT molecular complexity index is 976. The predicted octanol–water partition coefficient (Wildman–Crippen LogP) is 4.51. The highest BCUT2D eigenvalue weighted by Gasteiger charge is 2.30. The number of methoxy groups -OCH3 is 1. The fourth-order valence-corrected chi connectivity index (χ4v) is 3.00. The Labute approximate surface area is 178 Å². The molecular weight excluding hydrogens is 415 g/mol. The molecule has 1 heterocycles. The van der Waals surface area contributed by atoms with Crippen LogP contribution in [0.1, 0.15) is 34.2 Å². The van der Waals surface area contributed by atoms with E-state index in [-0.39, 0.29) is 11.3 Å². The zero-order valence-corrected chi connectivity index (χ0v) is 17.7. The minimum Gasteiger partial charge on any atom is -0.493 e. The van der Waals surface area contributed by atoms with E-state index < -0.39 is 31.1 Å². The number of ether oxygens (including phenoxy) is 3. The van der Waals surface area contributed by atoms with Crippen molar-refractivity contribution in [3.8, 4) is 11.5 Å². The Balaban J connectivity index is 2.00. The van der Waals surface area contributed by atoms with Crippen LogP contribution < -0.4 is 9.47 Å². The number of aromatic nitrogens is 1. The van der Waals surface area contributed by atoms with Gasteiger partial charge in [-0.25, -0.2) is 4.79 Å². The van der Waals surface area contributed by atoms with Crippen LogP contribution in [0.25, 0.3) is 6.08 Å². The van der Waals surface area contributed by atoms with Gasteiger partial charge >= 0.3 is 12.1 Å². The first-order valence-electron chi connectivity index (χ1n) is 9.48. The van der Waals surface area contributed by atoms with Gasteiger partial charge in [-0.1, -0.05) is 6.07 Å². The Hall–Kier alpha value is -3.23. The summed E-state index contributed by atoms with van der Waals surface area (Å²) in [5, 5.41) is 0. The molecule has 0 aliphatic heterocycles. The topological polar surface area (TPSA) is 66.8 Å². The molecular formula is C22H24F3NO5. The first kappa shape index (κ1) is 24.0. The lowest BCUT2D eigenvalue weighted by atomic mass is 10.1. The summed E-state index contributed by atoms with van der Waals surface area (Å²) in [6.45, 7) is 3.46. The standard InChI is InChI=1S/C22H24F3NO5/c1-5-30-19-8-6-16(11-20(19)29-4)7-9-21(28)31-12-18(27)17-10-14(2)26(15(17)3)13-22(23,24)25/h6-11H,5,12-13H2,1-4H3/b9-7+. The molecule has 2 rings (SSSR count). The molecule has 9 heteroatoms. The second kappa shape index (κ2) is 10.2. The normalized spacial score (nSPS) is 11.6. The van der Waals surface area contributed by atoms with Crippen molar-refractivity contribution in [1.29, 1.82) is 0 Å². The van der Waals surface area contributed by atoms with Crippen molar-refractivity contribution in [3.63, 3.8) is 0 Å². The lowest BCUT2D eigenvalue weighted by Gasteiger charge is -2.12. The van der Waals surface area contributed by atoms with Crippen LogP contribution in [0.3, 0.4) is 0 Å². The molecule has 1 aromatic heterocycles. The Kier molecular flexibility index (Phi) is 7.90. The van der Waals surface area contributed by atoms with Crippen molar-refractivity contribution in [2.45, 2.75) is 33.5 Å². The number of benzene rings is 1. The fraction of sp³-hybridized carbons (Fsp3) is 0.364. The van der Waals surface area contributed by atoms with Crippen LogP contribution in [0.2, 0.25) is 0 Å². The maximum absolute atomic E-state index is 12.7. The average molecular weight is 439 g/mol. The largest absolute Gasteiger partial charge is 0.493 e. The van der Waals surface area contributed by atoms with Gasteiger partial charge in [0.15, 0.2) is 18.1 Å². The van der Waals surface area contributed by atoms with Gasteiger partial charge in [0.05, 0.1) is 13.7 Å². The molecule has 0 spiro atoms. The third kappa shape index (κ3) is 6.63. The summed E-state index contributed by atoms with van der Waals surface area (Å²) in [6, 6.07) is 6.46. The molecule has 0 aliphatic rings. The molecule has 0 bridgehead atoms. The smallest absolute Gasteiger partial charge is 0.406 e. The summed E-state index contributed by atoms with van der Waals surface area (Å²) in [4.78, 5) is 24.3. The van der Waals surface area contributed by atoms with Crippen LogP contribution in [0.5, 0.6) is 11.5 Å². The Morgan fingerprint density at radius 2 is 1.84 bits per heavy atom. The van der Waals surface area contributed by atoms with E-state index in [1.165, 1.54) is 33.1 Å². The van der Waals surface area contributed by atoms with Crippen molar-refractivity contribution >= 4 is 17.8 Å². The number of Topliss-reactive ketones (excluding diaryl/α,β-unsaturated/α-hetero) is 1. The number of ketones is 1. The quantitative estimate of drug-likeness (QED) is 0.327. The number of halogens is 3. The van der Waals surface area contributed by atoms with E-state index in [2.05, 4.69) is 0 Å². The first-order valence-corrected chi connectivity index (χ1v) is 9.48. The number of aryl methyl sites for hydroxylation is 1. The van der Waals surface area contributed by atoms with E-state index in [4.69, 9.17) is 14.2 Å². The number of nitrogens with zero attached hydrogens (tertiary/aromatic N) is 1. The third-order valence-electron chi connectivity index (χ3n) is 4.46. The summed E-state index contributed by atoms with van der Waals surface area (Å²) in [5.41, 5.74) is 1.22. The summed E-state index contributed by atoms with van der Waals surface area (Å²) < 4.78 is 54.7. The predicted molar refractivity (Wildman–Crippen MR) is 108 cm³/mol. The highest BCUT2D eigenvalue weighted by atomic mass is 19.4. The lowest BCUT2D eigenvalue weighted by molar-refractivity contribution is -0.141. The maximum atomic E-state index is 12.7. The zero-order chi connectivity index (χ0) is 23.2. The van der Waals surface area contributed by atoms with Gasteiger partial charge in [0.2, 0.25) is 5.78 Å². The van der Waals surface area contributed by atoms with Crippen LogP contribution in [-0.2, 0) is 16.1 Å². The zero-order valence-electron chi connectivity index (χ0n) is 17.7. The van der Waals surface area contributed by atoms with Gasteiger partial charge in [0, 0.05) is 23.0 Å². The van der Waals surface area contributed by atoms with Gasteiger partial charge in [-0.3, -0.25) is 4.79 Å². The first-order chi connectivity index (χ1) is 14.6. The van der Waals surface area contributed by atoms with Gasteiger partial charge < -0.3 is 18.8 Å². The summed E-state index contributed by atoms with van der Waals surface area (Å²) in [5.74, 6) is -0.267. The minimum atomic E-state index is -4.41. The number of hydrogen-bond donors (Lipinski definition) is 0. The van der Waals surface area contributed by atoms with Crippen LogP contribution in [0.15, 0.2) is 30.3 Å². The van der Waals surface area contributed by atoms with E-state index >= 15 is 0 Å². The maximum Gasteiger partial charge on any atom is 0.406 e. The molecule has 0 saturated heterocycles. The molecule has 0 fully saturated rings. The monoisotopic (exact) mass is 439 g/mol. The molecule has 0 atom stereocenters. The highest BCUT2D eigenvalue weighted by molar-refractivity contribution is 6.00. The average Bonchev–Trinajstić information content (AvgIpc) is 2.98. The lowest BCUT2D eigenvalue weighted by Crippen LogP contribution is -2.20. The molecule has 6 nitrogen and oxygen atoms in total. The van der Waals surface area contributed by atoms with E-state index in [1.54, 1.807) is 18.2 Å². The molecule has 0 radical (unpaired) electrons. The van der Waals surface area contributed by atoms with Gasteiger partial charge in [0.25, 0.3) is 0 Å². The van der Waals surface area contributed by atoms with E-state index in [0.29, 0.717) is 29.4 Å². The number of rotatable bonds is 9. The van der Waals surface area contributed by atoms with E-state index in [1.807, 2.05) is 6.92 Å². The summed E-state index contributed by atoms with van der Waals surface area (Å²) >= 11 is 0. The number of hydrogen-bond acceptors (Lipinski definition) is 5. The molecule has 0 saturated carbocycles. The van der Waals surface area contributed by atoms with Crippen molar-refractivity contribution in [1.82, 2.24) is 4.57 Å². The number of esters is 1. The van der Waals surface area contributed by atoms with Crippen molar-refractivity contribution in [2.75, 3.05) is 20.3 Å². The van der Waals surface area contributed by atoms with Crippen molar-refractivity contribution in [2.24, 2.45) is 0 Å². The second-order valence-corrected chi connectivity index (χ2v) is 6.69. The number of carbonyl (C=O) groups excluding carboxylic acids is 2. The molecule has 1 aromatic carbocycles. The minimum absolute atomic E-state index is 0.0924. The summed E-state index contributed by atoms with van der Waals surface area (Å²) in [7, 11) is 1.50. The molecule has 0 N–H and O–H groups in total. The van der Waals surface area contributed by atoms with E-state index in [0.717, 1.165) is 10.6 Å². The van der Waals surface area contributed by atoms with Crippen LogP contribution >= 0.6 is 0 Å². The van der Waals surface area contributed by atoms with Crippen LogP contribution in [-0.4, -0.2) is 42.8 Å². The van der Waals surface area contributed by atoms with Crippen molar-refractivity contribution < 1.29 is 37.0 Å². The van der Waals surface area contributed by atoms with Crippen LogP contribution in [0, 0.1) is 13.8 Å². The Morgan fingerprint density at radius 1 is 1.13 bits per heavy atom. The number of alkyl halides is 3. The third-order valence-corrected chi connectivity index (χ3v) is 4.46. The Morgan fingerprint density at radius 3 is 2.45 bits per heavy atom. The van der Waals surface area contributed by atoms with Crippen LogP contribution in [0.4, 0.5) is 13.2 Å². The van der Waals surface area contributed by atoms with Gasteiger partial charge in [-0.15, -0.1) is 0 Å². The van der Waals surface area contributed by atoms with E-state index in [9.17, 15) is 22.8 Å². The SMILES string of the molecule is CCOc1ccc(/C=C/C(=O)OCC(=O)c2cc(C)n(CC(F)(F)F)c2C)cc1OC. The summed E-state index contributed by atoms with van der Waals surface area (Å²) in [6.07, 6.45) is -1.77. The molecule has 168 valence electrons. The molecule has 0 aliphatic carbocycles. The molecule has 0 amide bonds. The van der Waals surface area contributed by atoms with Gasteiger partial charge in [0.1, 0.15) is 6.54 Å². The van der Waals surface area contributed by atoms with Crippen molar-refractivity contribution in [3.05, 3.63) is 52.9 Å². The molecule has 0 unspecified atom stereocenters. The molecule has 31 heavy (non-hydrogen) atoms. The number of carbonyl (C=O) groups is 2. The fourth-order valence-electron chi connectivity index (χ4n) is 3.00. The molecule has 2 aromatic rings. The highest BCUT2D eigenvalue weighted by Crippen LogP contribution is 2.28. The van der Waals surface area contributed by atoms with Gasteiger partial charge in [-0.05, 0) is 50.6 Å². The second-order valence-electron chi connectivity index (χ2n) is 6.69.